The largest absolute Gasteiger partial charge is 0.365 e. The molecule has 0 saturated heterocycles. The number of halogens is 1. The molecule has 0 amide bonds. The lowest BCUT2D eigenvalue weighted by Crippen LogP contribution is -2.18. The van der Waals surface area contributed by atoms with Gasteiger partial charge in [0, 0.05) is 27.4 Å². The minimum atomic E-state index is 0.411. The molecule has 0 unspecified atom stereocenters. The Morgan fingerprint density at radius 2 is 1.57 bits per heavy atom. The predicted octanol–water partition coefficient (Wildman–Crippen LogP) is 5.55. The van der Waals surface area contributed by atoms with Crippen molar-refractivity contribution in [2.24, 2.45) is 0 Å². The third kappa shape index (κ3) is 3.30. The van der Waals surface area contributed by atoms with Gasteiger partial charge in [-0.2, -0.15) is 0 Å². The molecule has 0 aliphatic carbocycles. The van der Waals surface area contributed by atoms with Crippen molar-refractivity contribution >= 4 is 28.2 Å². The lowest BCUT2D eigenvalue weighted by molar-refractivity contribution is 0.668. The highest BCUT2D eigenvalue weighted by atomic mass is 35.5. The van der Waals surface area contributed by atoms with Gasteiger partial charge in [-0.25, -0.2) is 0 Å². The molecular formula is C19H20ClN3. The highest BCUT2D eigenvalue weighted by molar-refractivity contribution is 6.30. The first kappa shape index (κ1) is 15.8. The van der Waals surface area contributed by atoms with Crippen molar-refractivity contribution in [2.75, 3.05) is 5.32 Å². The monoisotopic (exact) mass is 325 g/mol. The van der Waals surface area contributed by atoms with Gasteiger partial charge in [0.25, 0.3) is 0 Å². The molecule has 3 aromatic rings. The Balaban J connectivity index is 2.10. The number of fused-ring (bicyclic) bond motifs is 1. The number of aromatic nitrogens is 2. The molecule has 3 nitrogen and oxygen atoms in total. The third-order valence-electron chi connectivity index (χ3n) is 4.13. The molecule has 1 N–H and O–H groups in total. The Labute approximate surface area is 141 Å². The number of nitrogens with one attached hydrogen (secondary N) is 1. The van der Waals surface area contributed by atoms with Gasteiger partial charge in [0.05, 0.1) is 0 Å². The summed E-state index contributed by atoms with van der Waals surface area (Å²) in [6, 6.07) is 16.4. The molecule has 0 spiro atoms. The molecule has 118 valence electrons. The first-order chi connectivity index (χ1) is 11.2. The Kier molecular flexibility index (Phi) is 4.77. The van der Waals surface area contributed by atoms with Gasteiger partial charge in [0.1, 0.15) is 5.69 Å². The Morgan fingerprint density at radius 3 is 2.22 bits per heavy atom. The van der Waals surface area contributed by atoms with Crippen LogP contribution in [-0.4, -0.2) is 16.2 Å². The van der Waals surface area contributed by atoms with Crippen molar-refractivity contribution in [3.8, 4) is 11.3 Å². The van der Waals surface area contributed by atoms with Crippen LogP contribution in [0.2, 0.25) is 5.02 Å². The summed E-state index contributed by atoms with van der Waals surface area (Å²) in [5, 5.41) is 15.3. The fourth-order valence-corrected chi connectivity index (χ4v) is 2.84. The first-order valence-corrected chi connectivity index (χ1v) is 8.38. The molecule has 0 radical (unpaired) electrons. The molecule has 1 aromatic heterocycles. The summed E-state index contributed by atoms with van der Waals surface area (Å²) < 4.78 is 0. The zero-order valence-corrected chi connectivity index (χ0v) is 14.1. The molecule has 3 rings (SSSR count). The Bertz CT molecular complexity index is 795. The van der Waals surface area contributed by atoms with Crippen LogP contribution in [0.3, 0.4) is 0 Å². The summed E-state index contributed by atoms with van der Waals surface area (Å²) in [6.07, 6.45) is 2.12. The maximum Gasteiger partial charge on any atom is 0.156 e. The molecule has 4 heteroatoms. The second-order valence-electron chi connectivity index (χ2n) is 5.61. The molecule has 1 heterocycles. The van der Waals surface area contributed by atoms with Crippen molar-refractivity contribution in [1.29, 1.82) is 0 Å². The summed E-state index contributed by atoms with van der Waals surface area (Å²) in [6.45, 7) is 4.36. The van der Waals surface area contributed by atoms with E-state index in [1.54, 1.807) is 0 Å². The van der Waals surface area contributed by atoms with E-state index in [9.17, 15) is 0 Å². The maximum atomic E-state index is 5.99. The van der Waals surface area contributed by atoms with E-state index in [0.717, 1.165) is 45.7 Å². The summed E-state index contributed by atoms with van der Waals surface area (Å²) in [5.74, 6) is 0.854. The molecule has 23 heavy (non-hydrogen) atoms. The highest BCUT2D eigenvalue weighted by Crippen LogP contribution is 2.30. The van der Waals surface area contributed by atoms with Crippen molar-refractivity contribution < 1.29 is 0 Å². The van der Waals surface area contributed by atoms with Crippen LogP contribution in [0.4, 0.5) is 5.82 Å². The minimum absolute atomic E-state index is 0.411. The summed E-state index contributed by atoms with van der Waals surface area (Å²) in [7, 11) is 0. The van der Waals surface area contributed by atoms with E-state index < -0.39 is 0 Å². The Hall–Kier alpha value is -2.13. The molecule has 2 aromatic carbocycles. The van der Waals surface area contributed by atoms with E-state index in [1.807, 2.05) is 36.4 Å². The topological polar surface area (TPSA) is 37.8 Å². The Morgan fingerprint density at radius 1 is 0.913 bits per heavy atom. The van der Waals surface area contributed by atoms with Gasteiger partial charge in [-0.05, 0) is 25.0 Å². The van der Waals surface area contributed by atoms with Crippen LogP contribution < -0.4 is 5.32 Å². The van der Waals surface area contributed by atoms with Gasteiger partial charge < -0.3 is 5.32 Å². The smallest absolute Gasteiger partial charge is 0.156 e. The van der Waals surface area contributed by atoms with Crippen LogP contribution in [-0.2, 0) is 0 Å². The summed E-state index contributed by atoms with van der Waals surface area (Å²) >= 11 is 5.99. The van der Waals surface area contributed by atoms with Crippen LogP contribution in [0.15, 0.2) is 48.5 Å². The molecule has 0 fully saturated rings. The first-order valence-electron chi connectivity index (χ1n) is 8.00. The summed E-state index contributed by atoms with van der Waals surface area (Å²) in [5.41, 5.74) is 1.90. The van der Waals surface area contributed by atoms with Gasteiger partial charge in [-0.15, -0.1) is 10.2 Å². The van der Waals surface area contributed by atoms with Gasteiger partial charge in [0.15, 0.2) is 5.82 Å². The minimum Gasteiger partial charge on any atom is -0.365 e. The average molecular weight is 326 g/mol. The van der Waals surface area contributed by atoms with E-state index in [0.29, 0.717) is 6.04 Å². The molecule has 0 bridgehead atoms. The number of anilines is 1. The molecule has 0 aliphatic rings. The fraction of sp³-hybridized carbons (Fsp3) is 0.263. The van der Waals surface area contributed by atoms with E-state index in [2.05, 4.69) is 41.5 Å². The average Bonchev–Trinajstić information content (AvgIpc) is 2.60. The maximum absolute atomic E-state index is 5.99. The van der Waals surface area contributed by atoms with Crippen molar-refractivity contribution in [3.05, 3.63) is 53.6 Å². The zero-order valence-electron chi connectivity index (χ0n) is 13.4. The van der Waals surface area contributed by atoms with Crippen LogP contribution in [0, 0.1) is 0 Å². The van der Waals surface area contributed by atoms with E-state index in [4.69, 9.17) is 11.6 Å². The molecule has 0 aliphatic heterocycles. The van der Waals surface area contributed by atoms with Crippen molar-refractivity contribution in [1.82, 2.24) is 10.2 Å². The normalized spacial score (nSPS) is 11.1. The lowest BCUT2D eigenvalue weighted by Gasteiger charge is -2.17. The third-order valence-corrected chi connectivity index (χ3v) is 4.38. The zero-order chi connectivity index (χ0) is 16.2. The fourth-order valence-electron chi connectivity index (χ4n) is 2.72. The number of hydrogen-bond acceptors (Lipinski definition) is 3. The number of hydrogen-bond donors (Lipinski definition) is 1. The van der Waals surface area contributed by atoms with Gasteiger partial charge in [0.2, 0.25) is 0 Å². The van der Waals surface area contributed by atoms with Gasteiger partial charge in [-0.1, -0.05) is 61.8 Å². The standard InChI is InChI=1S/C19H20ClN3/c1-3-15(4-2)21-19-17-8-6-5-7-16(17)18(22-23-19)13-9-11-14(20)12-10-13/h5-12,15H,3-4H2,1-2H3,(H,21,23). The van der Waals surface area contributed by atoms with Crippen molar-refractivity contribution in [2.45, 2.75) is 32.7 Å². The van der Waals surface area contributed by atoms with Gasteiger partial charge in [-0.3, -0.25) is 0 Å². The van der Waals surface area contributed by atoms with Crippen molar-refractivity contribution in [3.63, 3.8) is 0 Å². The second-order valence-corrected chi connectivity index (χ2v) is 6.04. The molecule has 0 saturated carbocycles. The second kappa shape index (κ2) is 6.97. The number of benzene rings is 2. The van der Waals surface area contributed by atoms with Crippen LogP contribution in [0.25, 0.3) is 22.0 Å². The number of rotatable bonds is 5. The number of nitrogens with zero attached hydrogens (tertiary/aromatic N) is 2. The van der Waals surface area contributed by atoms with E-state index in [-0.39, 0.29) is 0 Å². The molecular weight excluding hydrogens is 306 g/mol. The highest BCUT2D eigenvalue weighted by Gasteiger charge is 2.12. The molecule has 0 atom stereocenters. The van der Waals surface area contributed by atoms with E-state index in [1.165, 1.54) is 0 Å². The van der Waals surface area contributed by atoms with E-state index >= 15 is 0 Å². The van der Waals surface area contributed by atoms with Crippen LogP contribution >= 0.6 is 11.6 Å². The summed E-state index contributed by atoms with van der Waals surface area (Å²) in [4.78, 5) is 0. The quantitative estimate of drug-likeness (QED) is 0.668. The lowest BCUT2D eigenvalue weighted by atomic mass is 10.0. The SMILES string of the molecule is CCC(CC)Nc1nnc(-c2ccc(Cl)cc2)c2ccccc12. The van der Waals surface area contributed by atoms with Crippen LogP contribution in [0.1, 0.15) is 26.7 Å². The van der Waals surface area contributed by atoms with Crippen LogP contribution in [0.5, 0.6) is 0 Å². The van der Waals surface area contributed by atoms with Gasteiger partial charge >= 0.3 is 0 Å². The predicted molar refractivity (Wildman–Crippen MR) is 98.0 cm³/mol.